The summed E-state index contributed by atoms with van der Waals surface area (Å²) < 4.78 is 13.0. The average Bonchev–Trinajstić information content (AvgIpc) is 3.71. The lowest BCUT2D eigenvalue weighted by Crippen LogP contribution is -2.35. The van der Waals surface area contributed by atoms with E-state index in [9.17, 15) is 4.79 Å². The first-order chi connectivity index (χ1) is 21.0. The zero-order chi connectivity index (χ0) is 29.8. The van der Waals surface area contributed by atoms with Crippen molar-refractivity contribution in [2.75, 3.05) is 7.11 Å². The summed E-state index contributed by atoms with van der Waals surface area (Å²) in [6.07, 6.45) is 2.41. The Morgan fingerprint density at radius 2 is 1.72 bits per heavy atom. The zero-order valence-electron chi connectivity index (χ0n) is 24.5. The summed E-state index contributed by atoms with van der Waals surface area (Å²) in [5.41, 5.74) is 5.68. The van der Waals surface area contributed by atoms with E-state index < -0.39 is 6.04 Å². The number of furan rings is 1. The number of fused-ring (bicyclic) bond motifs is 1. The maximum Gasteiger partial charge on any atom is 0.253 e. The van der Waals surface area contributed by atoms with E-state index in [2.05, 4.69) is 50.5 Å². The van der Waals surface area contributed by atoms with Crippen LogP contribution in [0.3, 0.4) is 0 Å². The zero-order valence-corrected chi connectivity index (χ0v) is 24.5. The normalized spacial score (nSPS) is 12.2. The van der Waals surface area contributed by atoms with Crippen molar-refractivity contribution < 1.29 is 9.15 Å². The molecule has 0 bridgehead atoms. The molecule has 3 heterocycles. The molecule has 0 amide bonds. The third kappa shape index (κ3) is 6.27. The molecule has 0 unspecified atom stereocenters. The Labute approximate surface area is 249 Å². The van der Waals surface area contributed by atoms with Crippen LogP contribution in [0.5, 0.6) is 5.75 Å². The lowest BCUT2D eigenvalue weighted by Gasteiger charge is -2.30. The van der Waals surface area contributed by atoms with Crippen molar-refractivity contribution in [3.63, 3.8) is 0 Å². The number of aromatic amines is 1. The van der Waals surface area contributed by atoms with Crippen LogP contribution in [-0.4, -0.2) is 37.2 Å². The summed E-state index contributed by atoms with van der Waals surface area (Å²) in [5.74, 6) is 2.13. The standard InChI is InChI=1S/C34H34N6O3/c1-23-18-27-20-30(34(41)35-31(27)19-24(23)2)32(33-36-37-38-40(33)16-15-25-8-5-4-6-9-25)39(22-29-10-7-17-43-29)21-26-11-13-28(42-3)14-12-26/h4-14,17-20,32H,15-16,21-22H2,1-3H3,(H,35,41)/t32-/m0/s1. The lowest BCUT2D eigenvalue weighted by atomic mass is 10.00. The molecular weight excluding hydrogens is 540 g/mol. The number of tetrazole rings is 1. The van der Waals surface area contributed by atoms with Gasteiger partial charge in [-0.2, -0.15) is 0 Å². The number of H-pyrrole nitrogens is 1. The van der Waals surface area contributed by atoms with Crippen LogP contribution < -0.4 is 10.3 Å². The van der Waals surface area contributed by atoms with E-state index in [4.69, 9.17) is 9.15 Å². The molecule has 43 heavy (non-hydrogen) atoms. The van der Waals surface area contributed by atoms with Gasteiger partial charge in [-0.25, -0.2) is 4.68 Å². The smallest absolute Gasteiger partial charge is 0.253 e. The van der Waals surface area contributed by atoms with E-state index in [-0.39, 0.29) is 5.56 Å². The summed E-state index contributed by atoms with van der Waals surface area (Å²) in [6, 6.07) is 27.5. The fourth-order valence-electron chi connectivity index (χ4n) is 5.45. The molecule has 0 aliphatic heterocycles. The number of benzene rings is 3. The first kappa shape index (κ1) is 28.1. The van der Waals surface area contributed by atoms with Crippen LogP contribution in [0.4, 0.5) is 0 Å². The number of aromatic nitrogens is 5. The second-order valence-electron chi connectivity index (χ2n) is 10.8. The largest absolute Gasteiger partial charge is 0.497 e. The highest BCUT2D eigenvalue weighted by molar-refractivity contribution is 5.81. The molecule has 1 atom stereocenters. The van der Waals surface area contributed by atoms with Crippen molar-refractivity contribution in [2.45, 2.75) is 45.9 Å². The van der Waals surface area contributed by atoms with Crippen LogP contribution in [0.2, 0.25) is 0 Å². The van der Waals surface area contributed by atoms with E-state index in [1.807, 2.05) is 78.3 Å². The van der Waals surface area contributed by atoms with Gasteiger partial charge < -0.3 is 14.1 Å². The van der Waals surface area contributed by atoms with Gasteiger partial charge in [-0.15, -0.1) is 5.10 Å². The third-order valence-electron chi connectivity index (χ3n) is 7.89. The molecule has 0 aliphatic rings. The van der Waals surface area contributed by atoms with Gasteiger partial charge in [-0.1, -0.05) is 42.5 Å². The van der Waals surface area contributed by atoms with Gasteiger partial charge in [0.1, 0.15) is 17.6 Å². The summed E-state index contributed by atoms with van der Waals surface area (Å²) in [6.45, 7) is 5.62. The van der Waals surface area contributed by atoms with E-state index in [0.717, 1.165) is 45.5 Å². The summed E-state index contributed by atoms with van der Waals surface area (Å²) in [4.78, 5) is 19.2. The third-order valence-corrected chi connectivity index (χ3v) is 7.89. The van der Waals surface area contributed by atoms with Crippen LogP contribution in [0, 0.1) is 13.8 Å². The molecule has 9 heteroatoms. The molecule has 0 saturated carbocycles. The molecule has 0 fully saturated rings. The van der Waals surface area contributed by atoms with Crippen LogP contribution in [0.1, 0.15) is 45.4 Å². The minimum absolute atomic E-state index is 0.183. The lowest BCUT2D eigenvalue weighted by molar-refractivity contribution is 0.178. The molecule has 0 aliphatic carbocycles. The van der Waals surface area contributed by atoms with Crippen molar-refractivity contribution in [3.05, 3.63) is 141 Å². The van der Waals surface area contributed by atoms with E-state index in [1.165, 1.54) is 5.56 Å². The first-order valence-corrected chi connectivity index (χ1v) is 14.3. The number of aryl methyl sites for hydroxylation is 4. The van der Waals surface area contributed by atoms with Crippen molar-refractivity contribution in [1.29, 1.82) is 0 Å². The fraction of sp³-hybridized carbons (Fsp3) is 0.235. The number of nitrogens with zero attached hydrogens (tertiary/aromatic N) is 5. The Balaban J connectivity index is 1.48. The predicted octanol–water partition coefficient (Wildman–Crippen LogP) is 5.77. The fourth-order valence-corrected chi connectivity index (χ4v) is 5.45. The second kappa shape index (κ2) is 12.5. The Bertz CT molecular complexity index is 1860. The molecule has 0 radical (unpaired) electrons. The molecule has 3 aromatic carbocycles. The number of hydrogen-bond donors (Lipinski definition) is 1. The number of nitrogens with one attached hydrogen (secondary N) is 1. The van der Waals surface area contributed by atoms with Gasteiger partial charge in [0.15, 0.2) is 5.82 Å². The Morgan fingerprint density at radius 3 is 2.47 bits per heavy atom. The Hall–Kier alpha value is -5.02. The van der Waals surface area contributed by atoms with Crippen molar-refractivity contribution in [2.24, 2.45) is 0 Å². The summed E-state index contributed by atoms with van der Waals surface area (Å²) >= 11 is 0. The molecule has 3 aromatic heterocycles. The number of methoxy groups -OCH3 is 1. The van der Waals surface area contributed by atoms with E-state index in [1.54, 1.807) is 13.4 Å². The maximum atomic E-state index is 13.9. The maximum absolute atomic E-state index is 13.9. The van der Waals surface area contributed by atoms with E-state index >= 15 is 0 Å². The van der Waals surface area contributed by atoms with E-state index in [0.29, 0.717) is 31.0 Å². The molecular formula is C34H34N6O3. The van der Waals surface area contributed by atoms with Gasteiger partial charge in [0.2, 0.25) is 0 Å². The quantitative estimate of drug-likeness (QED) is 0.210. The van der Waals surface area contributed by atoms with Crippen molar-refractivity contribution in [1.82, 2.24) is 30.1 Å². The highest BCUT2D eigenvalue weighted by atomic mass is 16.5. The van der Waals surface area contributed by atoms with Gasteiger partial charge >= 0.3 is 0 Å². The molecule has 1 N–H and O–H groups in total. The van der Waals surface area contributed by atoms with Crippen LogP contribution in [0.25, 0.3) is 10.9 Å². The first-order valence-electron chi connectivity index (χ1n) is 14.3. The summed E-state index contributed by atoms with van der Waals surface area (Å²) in [5, 5.41) is 14.0. The highest BCUT2D eigenvalue weighted by Gasteiger charge is 2.31. The van der Waals surface area contributed by atoms with Gasteiger partial charge in [0, 0.05) is 24.2 Å². The number of rotatable bonds is 11. The molecule has 0 saturated heterocycles. The van der Waals surface area contributed by atoms with Gasteiger partial charge in [0.05, 0.1) is 19.9 Å². The molecule has 9 nitrogen and oxygen atoms in total. The number of hydrogen-bond acceptors (Lipinski definition) is 7. The second-order valence-corrected chi connectivity index (χ2v) is 10.8. The molecule has 218 valence electrons. The number of ether oxygens (including phenoxy) is 1. The molecule has 6 rings (SSSR count). The highest BCUT2D eigenvalue weighted by Crippen LogP contribution is 2.31. The number of pyridine rings is 1. The monoisotopic (exact) mass is 574 g/mol. The van der Waals surface area contributed by atoms with Gasteiger partial charge in [-0.05, 0) is 101 Å². The van der Waals surface area contributed by atoms with Gasteiger partial charge in [0.25, 0.3) is 5.56 Å². The Morgan fingerprint density at radius 1 is 0.930 bits per heavy atom. The predicted molar refractivity (Wildman–Crippen MR) is 165 cm³/mol. The van der Waals surface area contributed by atoms with Gasteiger partial charge in [-0.3, -0.25) is 9.69 Å². The molecule has 6 aromatic rings. The average molecular weight is 575 g/mol. The topological polar surface area (TPSA) is 102 Å². The SMILES string of the molecule is COc1ccc(CN(Cc2ccco2)[C@@H](c2cc3cc(C)c(C)cc3[nH]c2=O)c2nnnn2CCc2ccccc2)cc1. The van der Waals surface area contributed by atoms with Crippen LogP contribution >= 0.6 is 0 Å². The minimum Gasteiger partial charge on any atom is -0.497 e. The van der Waals surface area contributed by atoms with Crippen molar-refractivity contribution >= 4 is 10.9 Å². The Kier molecular flexibility index (Phi) is 8.15. The van der Waals surface area contributed by atoms with Crippen LogP contribution in [0.15, 0.2) is 100 Å². The van der Waals surface area contributed by atoms with Crippen molar-refractivity contribution in [3.8, 4) is 5.75 Å². The molecule has 0 spiro atoms. The minimum atomic E-state index is -0.576. The summed E-state index contributed by atoms with van der Waals surface area (Å²) in [7, 11) is 1.65. The van der Waals surface area contributed by atoms with Crippen LogP contribution in [-0.2, 0) is 26.1 Å².